The largest absolute Gasteiger partial charge is 0.481 e. The van der Waals surface area contributed by atoms with Crippen molar-refractivity contribution in [3.05, 3.63) is 0 Å². The lowest BCUT2D eigenvalue weighted by Gasteiger charge is -2.19. The van der Waals surface area contributed by atoms with E-state index in [1.807, 2.05) is 0 Å². The molecule has 0 atom stereocenters. The van der Waals surface area contributed by atoms with E-state index in [9.17, 15) is 19.2 Å². The van der Waals surface area contributed by atoms with Gasteiger partial charge in [-0.05, 0) is 6.42 Å². The van der Waals surface area contributed by atoms with Gasteiger partial charge in [0.15, 0.2) is 0 Å². The Labute approximate surface area is 111 Å². The summed E-state index contributed by atoms with van der Waals surface area (Å²) in [6, 6.07) is 0. The van der Waals surface area contributed by atoms with E-state index in [0.29, 0.717) is 13.0 Å². The van der Waals surface area contributed by atoms with Crippen molar-refractivity contribution in [2.75, 3.05) is 20.1 Å². The fraction of sp³-hybridized carbons (Fsp3) is 0.667. The standard InChI is InChI=1S/C12H18N2O5/c1-13(7-2-3-12(18)19)9(15)6-8-14-10(16)4-5-11(14)17/h2-8H2,1H3,(H,18,19). The quantitative estimate of drug-likeness (QED) is 0.649. The van der Waals surface area contributed by atoms with Gasteiger partial charge in [0.2, 0.25) is 17.7 Å². The van der Waals surface area contributed by atoms with Crippen molar-refractivity contribution in [2.24, 2.45) is 0 Å². The molecular formula is C12H18N2O5. The summed E-state index contributed by atoms with van der Waals surface area (Å²) in [5, 5.41) is 8.49. The van der Waals surface area contributed by atoms with E-state index in [0.717, 1.165) is 4.90 Å². The molecule has 1 saturated heterocycles. The van der Waals surface area contributed by atoms with E-state index in [-0.39, 0.29) is 49.9 Å². The lowest BCUT2D eigenvalue weighted by molar-refractivity contribution is -0.140. The molecule has 1 N–H and O–H groups in total. The number of hydrogen-bond acceptors (Lipinski definition) is 4. The van der Waals surface area contributed by atoms with E-state index in [2.05, 4.69) is 0 Å². The smallest absolute Gasteiger partial charge is 0.303 e. The number of hydrogen-bond donors (Lipinski definition) is 1. The topological polar surface area (TPSA) is 95.0 Å². The molecule has 1 rings (SSSR count). The van der Waals surface area contributed by atoms with Crippen molar-refractivity contribution in [2.45, 2.75) is 32.1 Å². The van der Waals surface area contributed by atoms with Gasteiger partial charge < -0.3 is 10.0 Å². The van der Waals surface area contributed by atoms with Crippen LogP contribution in [0, 0.1) is 0 Å². The van der Waals surface area contributed by atoms with E-state index in [4.69, 9.17) is 5.11 Å². The van der Waals surface area contributed by atoms with Gasteiger partial charge in [-0.15, -0.1) is 0 Å². The van der Waals surface area contributed by atoms with Crippen molar-refractivity contribution < 1.29 is 24.3 Å². The van der Waals surface area contributed by atoms with Gasteiger partial charge >= 0.3 is 5.97 Å². The molecule has 3 amide bonds. The summed E-state index contributed by atoms with van der Waals surface area (Å²) in [6.07, 6.45) is 0.934. The monoisotopic (exact) mass is 270 g/mol. The third-order valence-corrected chi connectivity index (χ3v) is 3.01. The molecule has 0 bridgehead atoms. The van der Waals surface area contributed by atoms with Crippen LogP contribution in [0.4, 0.5) is 0 Å². The van der Waals surface area contributed by atoms with Gasteiger partial charge in [-0.25, -0.2) is 0 Å². The molecule has 1 aliphatic heterocycles. The molecule has 7 nitrogen and oxygen atoms in total. The number of amides is 3. The first kappa shape index (κ1) is 15.1. The second-order valence-corrected chi connectivity index (χ2v) is 4.50. The SMILES string of the molecule is CN(CCCC(=O)O)C(=O)CCN1C(=O)CCC1=O. The molecule has 7 heteroatoms. The normalized spacial score (nSPS) is 14.9. The highest BCUT2D eigenvalue weighted by Crippen LogP contribution is 2.12. The minimum Gasteiger partial charge on any atom is -0.481 e. The Morgan fingerprint density at radius 2 is 1.79 bits per heavy atom. The Bertz CT molecular complexity index is 378. The van der Waals surface area contributed by atoms with Crippen LogP contribution in [0.5, 0.6) is 0 Å². The molecule has 0 aromatic heterocycles. The molecule has 0 spiro atoms. The summed E-state index contributed by atoms with van der Waals surface area (Å²) in [5.74, 6) is -1.55. The molecule has 0 aliphatic carbocycles. The Kier molecular flexibility index (Phi) is 5.47. The lowest BCUT2D eigenvalue weighted by Crippen LogP contribution is -2.35. The summed E-state index contributed by atoms with van der Waals surface area (Å²) >= 11 is 0. The maximum absolute atomic E-state index is 11.7. The van der Waals surface area contributed by atoms with Crippen molar-refractivity contribution >= 4 is 23.7 Å². The fourth-order valence-corrected chi connectivity index (χ4v) is 1.86. The molecule has 1 aliphatic rings. The molecule has 19 heavy (non-hydrogen) atoms. The highest BCUT2D eigenvalue weighted by molar-refractivity contribution is 6.02. The highest BCUT2D eigenvalue weighted by atomic mass is 16.4. The van der Waals surface area contributed by atoms with Gasteiger partial charge in [-0.2, -0.15) is 0 Å². The minimum absolute atomic E-state index is 0.0146. The van der Waals surface area contributed by atoms with Crippen LogP contribution in [-0.2, 0) is 19.2 Å². The van der Waals surface area contributed by atoms with Crippen LogP contribution in [0.15, 0.2) is 0 Å². The van der Waals surface area contributed by atoms with Gasteiger partial charge in [0, 0.05) is 45.8 Å². The molecule has 1 fully saturated rings. The summed E-state index contributed by atoms with van der Waals surface area (Å²) in [5.41, 5.74) is 0. The second-order valence-electron chi connectivity index (χ2n) is 4.50. The van der Waals surface area contributed by atoms with Gasteiger partial charge in [0.1, 0.15) is 0 Å². The third kappa shape index (κ3) is 4.69. The molecule has 106 valence electrons. The Morgan fingerprint density at radius 1 is 1.21 bits per heavy atom. The number of carboxylic acids is 1. The van der Waals surface area contributed by atoms with Crippen LogP contribution in [0.3, 0.4) is 0 Å². The zero-order chi connectivity index (χ0) is 14.4. The molecule has 1 heterocycles. The Morgan fingerprint density at radius 3 is 2.32 bits per heavy atom. The molecular weight excluding hydrogens is 252 g/mol. The predicted molar refractivity (Wildman–Crippen MR) is 65.1 cm³/mol. The zero-order valence-corrected chi connectivity index (χ0v) is 10.9. The molecule has 0 aromatic carbocycles. The predicted octanol–water partition coefficient (Wildman–Crippen LogP) is -0.151. The maximum atomic E-state index is 11.7. The number of carbonyl (C=O) groups is 4. The number of likely N-dealkylation sites (tertiary alicyclic amines) is 1. The maximum Gasteiger partial charge on any atom is 0.303 e. The third-order valence-electron chi connectivity index (χ3n) is 3.01. The van der Waals surface area contributed by atoms with Crippen molar-refractivity contribution in [1.29, 1.82) is 0 Å². The van der Waals surface area contributed by atoms with E-state index in [1.54, 1.807) is 7.05 Å². The van der Waals surface area contributed by atoms with Crippen molar-refractivity contribution in [3.63, 3.8) is 0 Å². The summed E-state index contributed by atoms with van der Waals surface area (Å²) in [6.45, 7) is 0.465. The number of carbonyl (C=O) groups excluding carboxylic acids is 3. The summed E-state index contributed by atoms with van der Waals surface area (Å²) in [4.78, 5) is 47.3. The highest BCUT2D eigenvalue weighted by Gasteiger charge is 2.29. The number of imide groups is 1. The van der Waals surface area contributed by atoms with Gasteiger partial charge in [0.25, 0.3) is 0 Å². The van der Waals surface area contributed by atoms with Gasteiger partial charge in [-0.3, -0.25) is 24.1 Å². The van der Waals surface area contributed by atoms with E-state index in [1.165, 1.54) is 4.90 Å². The first-order chi connectivity index (χ1) is 8.91. The summed E-state index contributed by atoms with van der Waals surface area (Å²) in [7, 11) is 1.58. The van der Waals surface area contributed by atoms with Gasteiger partial charge in [-0.1, -0.05) is 0 Å². The van der Waals surface area contributed by atoms with Crippen LogP contribution in [-0.4, -0.2) is 58.7 Å². The second kappa shape index (κ2) is 6.86. The number of rotatable bonds is 7. The van der Waals surface area contributed by atoms with Crippen LogP contribution in [0.2, 0.25) is 0 Å². The average Bonchev–Trinajstić information content (AvgIpc) is 2.65. The Hall–Kier alpha value is -1.92. The van der Waals surface area contributed by atoms with E-state index < -0.39 is 5.97 Å². The van der Waals surface area contributed by atoms with Gasteiger partial charge in [0.05, 0.1) is 0 Å². The van der Waals surface area contributed by atoms with Crippen molar-refractivity contribution in [3.8, 4) is 0 Å². The van der Waals surface area contributed by atoms with Crippen molar-refractivity contribution in [1.82, 2.24) is 9.80 Å². The number of nitrogens with zero attached hydrogens (tertiary/aromatic N) is 2. The summed E-state index contributed by atoms with van der Waals surface area (Å²) < 4.78 is 0. The minimum atomic E-state index is -0.894. The first-order valence-corrected chi connectivity index (χ1v) is 6.20. The lowest BCUT2D eigenvalue weighted by atomic mass is 10.3. The Balaban J connectivity index is 2.28. The molecule has 0 radical (unpaired) electrons. The molecule has 0 aromatic rings. The van der Waals surface area contributed by atoms with Crippen LogP contribution in [0.1, 0.15) is 32.1 Å². The van der Waals surface area contributed by atoms with E-state index >= 15 is 0 Å². The van der Waals surface area contributed by atoms with Crippen LogP contribution < -0.4 is 0 Å². The fourth-order valence-electron chi connectivity index (χ4n) is 1.86. The van der Waals surface area contributed by atoms with Crippen LogP contribution >= 0.6 is 0 Å². The number of carboxylic acid groups (broad SMARTS) is 1. The molecule has 0 saturated carbocycles. The molecule has 0 unspecified atom stereocenters. The van der Waals surface area contributed by atoms with Crippen LogP contribution in [0.25, 0.3) is 0 Å². The average molecular weight is 270 g/mol. The zero-order valence-electron chi connectivity index (χ0n) is 10.9. The first-order valence-electron chi connectivity index (χ1n) is 6.20. The number of aliphatic carboxylic acids is 1.